The Bertz CT molecular complexity index is 368. The minimum atomic E-state index is 0.372. The summed E-state index contributed by atoms with van der Waals surface area (Å²) in [5.41, 5.74) is 0. The van der Waals surface area contributed by atoms with Gasteiger partial charge in [-0.3, -0.25) is 0 Å². The summed E-state index contributed by atoms with van der Waals surface area (Å²) in [6, 6.07) is 0. The molecule has 0 aromatic carbocycles. The van der Waals surface area contributed by atoms with E-state index >= 15 is 0 Å². The van der Waals surface area contributed by atoms with Crippen LogP contribution < -0.4 is 0 Å². The van der Waals surface area contributed by atoms with Gasteiger partial charge in [0.15, 0.2) is 0 Å². The quantitative estimate of drug-likeness (QED) is 0.0830. The van der Waals surface area contributed by atoms with Gasteiger partial charge in [-0.2, -0.15) is 0 Å². The van der Waals surface area contributed by atoms with E-state index in [1.807, 2.05) is 0 Å². The van der Waals surface area contributed by atoms with Crippen molar-refractivity contribution in [3.05, 3.63) is 0 Å². The lowest BCUT2D eigenvalue weighted by molar-refractivity contribution is -0.890. The second-order valence-corrected chi connectivity index (χ2v) is 11.9. The number of aliphatic hydroxyl groups is 1. The molecule has 0 aromatic rings. The van der Waals surface area contributed by atoms with Crippen molar-refractivity contribution in [2.75, 3.05) is 33.8 Å². The monoisotopic (exact) mass is 483 g/mol. The minimum Gasteiger partial charge on any atom is -0.396 e. The van der Waals surface area contributed by atoms with Gasteiger partial charge in [-0.1, -0.05) is 142 Å². The lowest BCUT2D eigenvalue weighted by Gasteiger charge is -2.30. The van der Waals surface area contributed by atoms with Crippen LogP contribution >= 0.6 is 0 Å². The van der Waals surface area contributed by atoms with E-state index in [-0.39, 0.29) is 0 Å². The standard InChI is InChI=1S/C32H68NO/c1-4-5-6-7-8-9-18-21-24-27-30-33(2,3)31-28-25-22-19-16-14-12-10-11-13-15-17-20-23-26-29-32-34/h34H,4-32H2,1-3H3/q+1. The van der Waals surface area contributed by atoms with Crippen LogP contribution in [-0.4, -0.2) is 43.4 Å². The van der Waals surface area contributed by atoms with E-state index in [0.29, 0.717) is 6.61 Å². The summed E-state index contributed by atoms with van der Waals surface area (Å²) in [6.45, 7) is 5.42. The molecule has 0 amide bonds. The molecule has 34 heavy (non-hydrogen) atoms. The zero-order valence-corrected chi connectivity index (χ0v) is 24.4. The first-order chi connectivity index (χ1) is 16.6. The Kier molecular flexibility index (Phi) is 27.4. The molecule has 0 saturated heterocycles. The van der Waals surface area contributed by atoms with Crippen molar-refractivity contribution >= 4 is 0 Å². The van der Waals surface area contributed by atoms with E-state index in [9.17, 15) is 0 Å². The highest BCUT2D eigenvalue weighted by atomic mass is 16.2. The molecular formula is C32H68NO+. The molecule has 0 atom stereocenters. The number of unbranched alkanes of at least 4 members (excludes halogenated alkanes) is 24. The van der Waals surface area contributed by atoms with Crippen molar-refractivity contribution in [1.82, 2.24) is 0 Å². The van der Waals surface area contributed by atoms with E-state index in [4.69, 9.17) is 5.11 Å². The van der Waals surface area contributed by atoms with Crippen LogP contribution in [-0.2, 0) is 0 Å². The van der Waals surface area contributed by atoms with Crippen molar-refractivity contribution < 1.29 is 9.59 Å². The summed E-state index contributed by atoms with van der Waals surface area (Å²) < 4.78 is 1.24. The maximum Gasteiger partial charge on any atom is 0.0782 e. The lowest BCUT2D eigenvalue weighted by atomic mass is 10.0. The number of aliphatic hydroxyl groups excluding tert-OH is 1. The van der Waals surface area contributed by atoms with Gasteiger partial charge < -0.3 is 9.59 Å². The van der Waals surface area contributed by atoms with Gasteiger partial charge in [0.05, 0.1) is 27.2 Å². The van der Waals surface area contributed by atoms with Crippen molar-refractivity contribution in [3.63, 3.8) is 0 Å². The van der Waals surface area contributed by atoms with Gasteiger partial charge in [0.2, 0.25) is 0 Å². The third kappa shape index (κ3) is 28.2. The highest BCUT2D eigenvalue weighted by Gasteiger charge is 2.13. The fraction of sp³-hybridized carbons (Fsp3) is 1.00. The van der Waals surface area contributed by atoms with Crippen molar-refractivity contribution in [3.8, 4) is 0 Å². The zero-order chi connectivity index (χ0) is 25.0. The molecule has 0 radical (unpaired) electrons. The number of nitrogens with zero attached hydrogens (tertiary/aromatic N) is 1. The molecule has 0 aliphatic heterocycles. The normalized spacial score (nSPS) is 12.0. The number of hydrogen-bond donors (Lipinski definition) is 1. The SMILES string of the molecule is CCCCCCCCCCCC[N+](C)(C)CCCCCCCCCCCCCCCCCCO. The fourth-order valence-electron chi connectivity index (χ4n) is 5.27. The van der Waals surface area contributed by atoms with Crippen molar-refractivity contribution in [1.29, 1.82) is 0 Å². The largest absolute Gasteiger partial charge is 0.396 e. The summed E-state index contributed by atoms with van der Waals surface area (Å²) in [6.07, 6.45) is 36.7. The molecule has 0 bridgehead atoms. The molecular weight excluding hydrogens is 414 g/mol. The molecule has 1 N–H and O–H groups in total. The average Bonchev–Trinajstić information content (AvgIpc) is 2.82. The van der Waals surface area contributed by atoms with Crippen LogP contribution in [0.4, 0.5) is 0 Å². The summed E-state index contributed by atoms with van der Waals surface area (Å²) >= 11 is 0. The van der Waals surface area contributed by atoms with Gasteiger partial charge >= 0.3 is 0 Å². The van der Waals surface area contributed by atoms with Gasteiger partial charge in [-0.25, -0.2) is 0 Å². The highest BCUT2D eigenvalue weighted by Crippen LogP contribution is 2.15. The third-order valence-electron chi connectivity index (χ3n) is 7.79. The molecule has 0 rings (SSSR count). The topological polar surface area (TPSA) is 20.2 Å². The summed E-state index contributed by atoms with van der Waals surface area (Å²) in [7, 11) is 4.90. The van der Waals surface area contributed by atoms with E-state index in [2.05, 4.69) is 21.0 Å². The van der Waals surface area contributed by atoms with E-state index in [1.165, 1.54) is 178 Å². The minimum absolute atomic E-state index is 0.372. The first kappa shape index (κ1) is 33.9. The van der Waals surface area contributed by atoms with Gasteiger partial charge in [0, 0.05) is 6.61 Å². The molecule has 206 valence electrons. The van der Waals surface area contributed by atoms with Crippen LogP contribution in [0.2, 0.25) is 0 Å². The predicted molar refractivity (Wildman–Crippen MR) is 155 cm³/mol. The Balaban J connectivity index is 3.26. The number of rotatable bonds is 29. The summed E-state index contributed by atoms with van der Waals surface area (Å²) in [5, 5.41) is 8.78. The molecule has 0 fully saturated rings. The van der Waals surface area contributed by atoms with Crippen molar-refractivity contribution in [2.24, 2.45) is 0 Å². The van der Waals surface area contributed by atoms with Crippen LogP contribution in [0.15, 0.2) is 0 Å². The zero-order valence-electron chi connectivity index (χ0n) is 24.4. The average molecular weight is 483 g/mol. The molecule has 0 aliphatic carbocycles. The van der Waals surface area contributed by atoms with Gasteiger partial charge in [-0.05, 0) is 32.1 Å². The van der Waals surface area contributed by atoms with Gasteiger partial charge in [-0.15, -0.1) is 0 Å². The lowest BCUT2D eigenvalue weighted by Crippen LogP contribution is -2.41. The van der Waals surface area contributed by atoms with Crippen molar-refractivity contribution in [2.45, 2.75) is 174 Å². The smallest absolute Gasteiger partial charge is 0.0782 e. The summed E-state index contributed by atoms with van der Waals surface area (Å²) in [5.74, 6) is 0. The van der Waals surface area contributed by atoms with Crippen LogP contribution in [0, 0.1) is 0 Å². The first-order valence-corrected chi connectivity index (χ1v) is 16.1. The van der Waals surface area contributed by atoms with Gasteiger partial charge in [0.1, 0.15) is 0 Å². The first-order valence-electron chi connectivity index (χ1n) is 16.1. The Morgan fingerprint density at radius 3 is 0.853 bits per heavy atom. The van der Waals surface area contributed by atoms with Crippen LogP contribution in [0.1, 0.15) is 174 Å². The highest BCUT2D eigenvalue weighted by molar-refractivity contribution is 4.51. The maximum absolute atomic E-state index is 8.78. The number of quaternary nitrogens is 1. The Morgan fingerprint density at radius 2 is 0.588 bits per heavy atom. The molecule has 0 aromatic heterocycles. The Labute approximate surface area is 217 Å². The van der Waals surface area contributed by atoms with Gasteiger partial charge in [0.25, 0.3) is 0 Å². The molecule has 0 aliphatic rings. The summed E-state index contributed by atoms with van der Waals surface area (Å²) in [4.78, 5) is 0. The Hall–Kier alpha value is -0.0800. The van der Waals surface area contributed by atoms with Crippen LogP contribution in [0.3, 0.4) is 0 Å². The number of hydrogen-bond acceptors (Lipinski definition) is 1. The fourth-order valence-corrected chi connectivity index (χ4v) is 5.27. The predicted octanol–water partition coefficient (Wildman–Crippen LogP) is 10.2. The molecule has 2 nitrogen and oxygen atoms in total. The van der Waals surface area contributed by atoms with E-state index in [1.54, 1.807) is 0 Å². The van der Waals surface area contributed by atoms with Crippen LogP contribution in [0.25, 0.3) is 0 Å². The third-order valence-corrected chi connectivity index (χ3v) is 7.79. The van der Waals surface area contributed by atoms with E-state index in [0.717, 1.165) is 6.42 Å². The van der Waals surface area contributed by atoms with Crippen LogP contribution in [0.5, 0.6) is 0 Å². The molecule has 0 spiro atoms. The molecule has 2 heteroatoms. The molecule has 0 heterocycles. The molecule has 0 unspecified atom stereocenters. The van der Waals surface area contributed by atoms with E-state index < -0.39 is 0 Å². The second-order valence-electron chi connectivity index (χ2n) is 11.9. The molecule has 0 saturated carbocycles. The Morgan fingerprint density at radius 1 is 0.353 bits per heavy atom. The second kappa shape index (κ2) is 27.5. The maximum atomic E-state index is 8.78.